The Morgan fingerprint density at radius 2 is 2.05 bits per heavy atom. The van der Waals surface area contributed by atoms with Crippen LogP contribution in [0.5, 0.6) is 0 Å². The lowest BCUT2D eigenvalue weighted by Gasteiger charge is -2.09. The molecule has 2 aromatic rings. The fourth-order valence-corrected chi connectivity index (χ4v) is 3.72. The Hall–Kier alpha value is -1.20. The molecule has 2 heterocycles. The molecule has 0 saturated carbocycles. The average molecular weight is 291 g/mol. The van der Waals surface area contributed by atoms with E-state index in [4.69, 9.17) is 10.3 Å². The van der Waals surface area contributed by atoms with Gasteiger partial charge in [0, 0.05) is 4.88 Å². The molecule has 4 nitrogen and oxygen atoms in total. The van der Waals surface area contributed by atoms with Crippen molar-refractivity contribution < 1.29 is 4.52 Å². The summed E-state index contributed by atoms with van der Waals surface area (Å²) < 4.78 is 5.40. The van der Waals surface area contributed by atoms with E-state index in [0.29, 0.717) is 17.6 Å². The molecule has 0 radical (unpaired) electrons. The van der Waals surface area contributed by atoms with E-state index in [1.807, 2.05) is 0 Å². The van der Waals surface area contributed by atoms with Gasteiger partial charge in [0.2, 0.25) is 0 Å². The summed E-state index contributed by atoms with van der Waals surface area (Å²) in [5, 5.41) is 4.03. The summed E-state index contributed by atoms with van der Waals surface area (Å²) in [6.45, 7) is 4.13. The molecule has 20 heavy (non-hydrogen) atoms. The highest BCUT2D eigenvalue weighted by molar-refractivity contribution is 7.15. The van der Waals surface area contributed by atoms with Crippen LogP contribution in [0, 0.1) is 5.92 Å². The highest BCUT2D eigenvalue weighted by Crippen LogP contribution is 2.34. The van der Waals surface area contributed by atoms with E-state index in [2.05, 4.69) is 30.1 Å². The van der Waals surface area contributed by atoms with Crippen molar-refractivity contribution in [2.45, 2.75) is 52.0 Å². The van der Waals surface area contributed by atoms with E-state index < -0.39 is 0 Å². The molecule has 0 aromatic carbocycles. The van der Waals surface area contributed by atoms with Crippen molar-refractivity contribution in [3.05, 3.63) is 22.3 Å². The van der Waals surface area contributed by atoms with E-state index in [-0.39, 0.29) is 6.04 Å². The van der Waals surface area contributed by atoms with Gasteiger partial charge in [-0.25, -0.2) is 0 Å². The Labute approximate surface area is 123 Å². The Bertz CT molecular complexity index is 564. The number of aryl methyl sites for hydroxylation is 2. The predicted molar refractivity (Wildman–Crippen MR) is 80.6 cm³/mol. The normalized spacial score (nSPS) is 17.0. The maximum Gasteiger partial charge on any atom is 0.268 e. The summed E-state index contributed by atoms with van der Waals surface area (Å²) in [5.41, 5.74) is 7.53. The molecule has 0 aliphatic heterocycles. The fourth-order valence-electron chi connectivity index (χ4n) is 2.54. The number of fused-ring (bicyclic) bond motifs is 1. The third-order valence-corrected chi connectivity index (χ3v) is 5.14. The van der Waals surface area contributed by atoms with Crippen molar-refractivity contribution in [2.75, 3.05) is 0 Å². The summed E-state index contributed by atoms with van der Waals surface area (Å²) in [5.74, 6) is 1.54. The Balaban J connectivity index is 1.86. The highest BCUT2D eigenvalue weighted by atomic mass is 32.1. The van der Waals surface area contributed by atoms with Gasteiger partial charge in [-0.15, -0.1) is 11.3 Å². The molecule has 0 bridgehead atoms. The van der Waals surface area contributed by atoms with Crippen molar-refractivity contribution in [3.8, 4) is 10.8 Å². The van der Waals surface area contributed by atoms with Crippen LogP contribution in [0.1, 0.15) is 55.4 Å². The molecule has 2 N–H and O–H groups in total. The van der Waals surface area contributed by atoms with E-state index in [1.54, 1.807) is 11.3 Å². The molecule has 2 aromatic heterocycles. The number of nitrogens with two attached hydrogens (primary N) is 1. The second-order valence-corrected chi connectivity index (χ2v) is 6.98. The first-order valence-electron chi connectivity index (χ1n) is 7.36. The van der Waals surface area contributed by atoms with Gasteiger partial charge < -0.3 is 10.3 Å². The van der Waals surface area contributed by atoms with Gasteiger partial charge in [-0.1, -0.05) is 25.4 Å². The topological polar surface area (TPSA) is 64.9 Å². The van der Waals surface area contributed by atoms with Gasteiger partial charge >= 0.3 is 0 Å². The van der Waals surface area contributed by atoms with Gasteiger partial charge in [0.05, 0.1) is 10.9 Å². The molecule has 1 aliphatic rings. The van der Waals surface area contributed by atoms with Gasteiger partial charge in [0.25, 0.3) is 5.89 Å². The molecule has 1 aliphatic carbocycles. The number of aromatic nitrogens is 2. The fraction of sp³-hybridized carbons (Fsp3) is 0.600. The van der Waals surface area contributed by atoms with Gasteiger partial charge in [-0.05, 0) is 43.2 Å². The lowest BCUT2D eigenvalue weighted by atomic mass is 10.1. The number of rotatable bonds is 3. The number of thiophene rings is 1. The zero-order chi connectivity index (χ0) is 14.1. The SMILES string of the molecule is CC(C)C(N)c1noc(-c2cc3c(s2)CCCCC3)n1. The maximum atomic E-state index is 6.07. The van der Waals surface area contributed by atoms with E-state index in [1.165, 1.54) is 42.5 Å². The first-order valence-corrected chi connectivity index (χ1v) is 8.18. The van der Waals surface area contributed by atoms with E-state index in [9.17, 15) is 0 Å². The number of hydrogen-bond donors (Lipinski definition) is 1. The van der Waals surface area contributed by atoms with Crippen LogP contribution < -0.4 is 5.73 Å². The first-order chi connectivity index (χ1) is 9.65. The van der Waals surface area contributed by atoms with Gasteiger partial charge in [-0.2, -0.15) is 4.98 Å². The molecule has 0 amide bonds. The molecule has 0 spiro atoms. The predicted octanol–water partition coefficient (Wildman–Crippen LogP) is 3.72. The van der Waals surface area contributed by atoms with E-state index in [0.717, 1.165) is 4.88 Å². The third-order valence-electron chi connectivity index (χ3n) is 3.92. The molecule has 108 valence electrons. The van der Waals surface area contributed by atoms with Gasteiger partial charge in [-0.3, -0.25) is 0 Å². The van der Waals surface area contributed by atoms with Crippen LogP contribution in [0.15, 0.2) is 10.6 Å². The standard InChI is InChI=1S/C15H21N3OS/c1-9(2)13(16)14-17-15(19-18-14)12-8-10-6-4-3-5-7-11(10)20-12/h8-9,13H,3-7,16H2,1-2H3. The van der Waals surface area contributed by atoms with Crippen LogP contribution in [0.3, 0.4) is 0 Å². The van der Waals surface area contributed by atoms with Crippen LogP contribution in [-0.2, 0) is 12.8 Å². The summed E-state index contributed by atoms with van der Waals surface area (Å²) in [6, 6.07) is 2.06. The molecular weight excluding hydrogens is 270 g/mol. The van der Waals surface area contributed by atoms with E-state index >= 15 is 0 Å². The molecule has 1 unspecified atom stereocenters. The van der Waals surface area contributed by atoms with Crippen molar-refractivity contribution in [1.29, 1.82) is 0 Å². The lowest BCUT2D eigenvalue weighted by molar-refractivity contribution is 0.400. The molecular formula is C15H21N3OS. The van der Waals surface area contributed by atoms with Crippen molar-refractivity contribution in [2.24, 2.45) is 11.7 Å². The van der Waals surface area contributed by atoms with Crippen molar-refractivity contribution >= 4 is 11.3 Å². The summed E-state index contributed by atoms with van der Waals surface area (Å²) in [7, 11) is 0. The highest BCUT2D eigenvalue weighted by Gasteiger charge is 2.20. The number of hydrogen-bond acceptors (Lipinski definition) is 5. The Kier molecular flexibility index (Phi) is 3.89. The molecule has 5 heteroatoms. The van der Waals surface area contributed by atoms with Crippen LogP contribution in [-0.4, -0.2) is 10.1 Å². The smallest absolute Gasteiger partial charge is 0.268 e. The minimum absolute atomic E-state index is 0.162. The Morgan fingerprint density at radius 1 is 1.25 bits per heavy atom. The monoisotopic (exact) mass is 291 g/mol. The second-order valence-electron chi connectivity index (χ2n) is 5.85. The van der Waals surface area contributed by atoms with Crippen LogP contribution in [0.2, 0.25) is 0 Å². The molecule has 0 fully saturated rings. The second kappa shape index (κ2) is 5.66. The van der Waals surface area contributed by atoms with Crippen LogP contribution in [0.4, 0.5) is 0 Å². The minimum atomic E-state index is -0.162. The Morgan fingerprint density at radius 3 is 2.85 bits per heavy atom. The number of nitrogens with zero attached hydrogens (tertiary/aromatic N) is 2. The molecule has 3 rings (SSSR count). The third kappa shape index (κ3) is 2.65. The minimum Gasteiger partial charge on any atom is -0.333 e. The lowest BCUT2D eigenvalue weighted by Crippen LogP contribution is -2.18. The van der Waals surface area contributed by atoms with Crippen LogP contribution >= 0.6 is 11.3 Å². The van der Waals surface area contributed by atoms with Gasteiger partial charge in [0.15, 0.2) is 5.82 Å². The average Bonchev–Trinajstić information content (AvgIpc) is 3.00. The summed E-state index contributed by atoms with van der Waals surface area (Å²) in [4.78, 5) is 7.06. The zero-order valence-electron chi connectivity index (χ0n) is 12.1. The maximum absolute atomic E-state index is 6.07. The van der Waals surface area contributed by atoms with Crippen LogP contribution in [0.25, 0.3) is 10.8 Å². The molecule has 1 atom stereocenters. The quantitative estimate of drug-likeness (QED) is 0.875. The first kappa shape index (κ1) is 13.8. The van der Waals surface area contributed by atoms with Gasteiger partial charge in [0.1, 0.15) is 0 Å². The largest absolute Gasteiger partial charge is 0.333 e. The van der Waals surface area contributed by atoms with Crippen molar-refractivity contribution in [3.63, 3.8) is 0 Å². The molecule has 0 saturated heterocycles. The van der Waals surface area contributed by atoms with Crippen molar-refractivity contribution in [1.82, 2.24) is 10.1 Å². The zero-order valence-corrected chi connectivity index (χ0v) is 12.9. The summed E-state index contributed by atoms with van der Waals surface area (Å²) in [6.07, 6.45) is 6.28. The summed E-state index contributed by atoms with van der Waals surface area (Å²) >= 11 is 1.80.